The second-order valence-electron chi connectivity index (χ2n) is 6.12. The zero-order valence-electron chi connectivity index (χ0n) is 14.3. The Labute approximate surface area is 158 Å². The third-order valence-electron chi connectivity index (χ3n) is 3.77. The summed E-state index contributed by atoms with van der Waals surface area (Å²) in [4.78, 5) is 12.0. The van der Waals surface area contributed by atoms with Crippen LogP contribution in [0, 0.1) is 0 Å². The molecule has 0 bridgehead atoms. The molecule has 2 rings (SSSR count). The second kappa shape index (κ2) is 9.09. The molecule has 25 heavy (non-hydrogen) atoms. The first-order chi connectivity index (χ1) is 11.9. The van der Waals surface area contributed by atoms with E-state index < -0.39 is 5.54 Å². The van der Waals surface area contributed by atoms with E-state index in [9.17, 15) is 4.79 Å². The van der Waals surface area contributed by atoms with Gasteiger partial charge in [0, 0.05) is 5.54 Å². The Bertz CT molecular complexity index is 706. The average Bonchev–Trinajstić information content (AvgIpc) is 2.60. The smallest absolute Gasteiger partial charge is 0.234 e. The van der Waals surface area contributed by atoms with Gasteiger partial charge in [-0.25, -0.2) is 0 Å². The van der Waals surface area contributed by atoms with Gasteiger partial charge in [0.2, 0.25) is 5.91 Å². The van der Waals surface area contributed by atoms with E-state index in [4.69, 9.17) is 27.9 Å². The van der Waals surface area contributed by atoms with Crippen LogP contribution in [-0.2, 0) is 10.3 Å². The van der Waals surface area contributed by atoms with Gasteiger partial charge in [0.05, 0.1) is 23.1 Å². The monoisotopic (exact) mass is 380 g/mol. The molecule has 0 unspecified atom stereocenters. The molecule has 0 aliphatic heterocycles. The fourth-order valence-corrected chi connectivity index (χ4v) is 2.52. The molecule has 0 saturated heterocycles. The lowest BCUT2D eigenvalue weighted by molar-refractivity contribution is -0.120. The van der Waals surface area contributed by atoms with Gasteiger partial charge in [-0.2, -0.15) is 0 Å². The molecule has 4 nitrogen and oxygen atoms in total. The predicted octanol–water partition coefficient (Wildman–Crippen LogP) is 4.01. The highest BCUT2D eigenvalue weighted by molar-refractivity contribution is 6.42. The first kappa shape index (κ1) is 19.6. The third-order valence-corrected chi connectivity index (χ3v) is 4.51. The van der Waals surface area contributed by atoms with E-state index in [0.29, 0.717) is 23.2 Å². The van der Waals surface area contributed by atoms with Crippen LogP contribution in [0.4, 0.5) is 0 Å². The Morgan fingerprint density at radius 2 is 1.80 bits per heavy atom. The van der Waals surface area contributed by atoms with Gasteiger partial charge in [-0.3, -0.25) is 10.1 Å². The number of hydrogen-bond acceptors (Lipinski definition) is 3. The van der Waals surface area contributed by atoms with Crippen molar-refractivity contribution < 1.29 is 9.53 Å². The highest BCUT2D eigenvalue weighted by Crippen LogP contribution is 2.28. The lowest BCUT2D eigenvalue weighted by Crippen LogP contribution is -2.44. The predicted molar refractivity (Wildman–Crippen MR) is 102 cm³/mol. The maximum absolute atomic E-state index is 12.0. The molecule has 0 radical (unpaired) electrons. The maximum Gasteiger partial charge on any atom is 0.234 e. The number of carbonyl (C=O) groups excluding carboxylic acids is 1. The number of para-hydroxylation sites is 1. The number of benzene rings is 2. The number of ether oxygens (including phenoxy) is 1. The molecule has 2 aromatic rings. The minimum atomic E-state index is -0.411. The summed E-state index contributed by atoms with van der Waals surface area (Å²) >= 11 is 12.0. The molecule has 0 saturated carbocycles. The van der Waals surface area contributed by atoms with Crippen molar-refractivity contribution in [3.63, 3.8) is 0 Å². The van der Waals surface area contributed by atoms with Crippen LogP contribution in [0.25, 0.3) is 0 Å². The molecule has 134 valence electrons. The van der Waals surface area contributed by atoms with Crippen molar-refractivity contribution in [2.24, 2.45) is 0 Å². The van der Waals surface area contributed by atoms with Crippen molar-refractivity contribution >= 4 is 29.1 Å². The Morgan fingerprint density at radius 3 is 2.48 bits per heavy atom. The number of halogens is 2. The second-order valence-corrected chi connectivity index (χ2v) is 6.93. The van der Waals surface area contributed by atoms with Crippen molar-refractivity contribution in [1.82, 2.24) is 10.6 Å². The zero-order valence-corrected chi connectivity index (χ0v) is 15.8. The number of carbonyl (C=O) groups is 1. The van der Waals surface area contributed by atoms with Gasteiger partial charge < -0.3 is 10.1 Å². The van der Waals surface area contributed by atoms with Gasteiger partial charge in [0.15, 0.2) is 0 Å². The molecule has 6 heteroatoms. The van der Waals surface area contributed by atoms with Crippen LogP contribution in [0.15, 0.2) is 48.5 Å². The Morgan fingerprint density at radius 1 is 1.08 bits per heavy atom. The summed E-state index contributed by atoms with van der Waals surface area (Å²) < 4.78 is 5.53. The van der Waals surface area contributed by atoms with Crippen LogP contribution in [0.1, 0.15) is 19.4 Å². The van der Waals surface area contributed by atoms with Crippen molar-refractivity contribution in [3.05, 3.63) is 64.1 Å². The lowest BCUT2D eigenvalue weighted by Gasteiger charge is -2.27. The summed E-state index contributed by atoms with van der Waals surface area (Å²) in [7, 11) is 0. The molecule has 1 amide bonds. The number of nitrogens with one attached hydrogen (secondary N) is 2. The van der Waals surface area contributed by atoms with E-state index in [2.05, 4.69) is 10.6 Å². The summed E-state index contributed by atoms with van der Waals surface area (Å²) in [5.41, 5.74) is 0.550. The molecular formula is C19H22Cl2N2O2. The third kappa shape index (κ3) is 6.24. The van der Waals surface area contributed by atoms with Crippen LogP contribution in [-0.4, -0.2) is 25.6 Å². The van der Waals surface area contributed by atoms with Gasteiger partial charge in [-0.15, -0.1) is 0 Å². The van der Waals surface area contributed by atoms with E-state index in [1.54, 1.807) is 6.07 Å². The molecule has 0 heterocycles. The maximum atomic E-state index is 12.0. The molecule has 0 fully saturated rings. The number of amides is 1. The van der Waals surface area contributed by atoms with Crippen LogP contribution in [0.3, 0.4) is 0 Å². The minimum absolute atomic E-state index is 0.0928. The SMILES string of the molecule is CC(C)(NCC(=O)NCCOc1ccccc1)c1ccc(Cl)c(Cl)c1. The fraction of sp³-hybridized carbons (Fsp3) is 0.316. The molecule has 0 aromatic heterocycles. The summed E-state index contributed by atoms with van der Waals surface area (Å²) in [6.45, 7) is 5.03. The largest absolute Gasteiger partial charge is 0.492 e. The fourth-order valence-electron chi connectivity index (χ4n) is 2.23. The van der Waals surface area contributed by atoms with E-state index in [0.717, 1.165) is 11.3 Å². The molecule has 0 aliphatic carbocycles. The molecule has 0 atom stereocenters. The normalized spacial score (nSPS) is 11.2. The van der Waals surface area contributed by atoms with Crippen LogP contribution >= 0.6 is 23.2 Å². The molecule has 2 aromatic carbocycles. The van der Waals surface area contributed by atoms with Gasteiger partial charge in [0.1, 0.15) is 12.4 Å². The lowest BCUT2D eigenvalue weighted by atomic mass is 9.94. The molecule has 2 N–H and O–H groups in total. The van der Waals surface area contributed by atoms with E-state index in [1.165, 1.54) is 0 Å². The summed E-state index contributed by atoms with van der Waals surface area (Å²) in [5.74, 6) is 0.695. The topological polar surface area (TPSA) is 50.4 Å². The molecule has 0 aliphatic rings. The average molecular weight is 381 g/mol. The quantitative estimate of drug-likeness (QED) is 0.680. The van der Waals surface area contributed by atoms with E-state index in [-0.39, 0.29) is 12.5 Å². The Balaban J connectivity index is 1.74. The summed E-state index contributed by atoms with van der Waals surface area (Å²) in [5, 5.41) is 7.06. The first-order valence-corrected chi connectivity index (χ1v) is 8.79. The highest BCUT2D eigenvalue weighted by Gasteiger charge is 2.21. The van der Waals surface area contributed by atoms with Crippen LogP contribution in [0.5, 0.6) is 5.75 Å². The van der Waals surface area contributed by atoms with Crippen molar-refractivity contribution in [3.8, 4) is 5.75 Å². The summed E-state index contributed by atoms with van der Waals surface area (Å²) in [6.07, 6.45) is 0. The Hall–Kier alpha value is -1.75. The van der Waals surface area contributed by atoms with Crippen molar-refractivity contribution in [2.75, 3.05) is 19.7 Å². The summed E-state index contributed by atoms with van der Waals surface area (Å²) in [6, 6.07) is 15.0. The molecule has 0 spiro atoms. The minimum Gasteiger partial charge on any atom is -0.492 e. The number of hydrogen-bond donors (Lipinski definition) is 2. The zero-order chi connectivity index (χ0) is 18.3. The van der Waals surface area contributed by atoms with Crippen LogP contribution in [0.2, 0.25) is 10.0 Å². The van der Waals surface area contributed by atoms with Crippen molar-refractivity contribution in [1.29, 1.82) is 0 Å². The van der Waals surface area contributed by atoms with E-state index >= 15 is 0 Å². The number of rotatable bonds is 8. The van der Waals surface area contributed by atoms with Crippen molar-refractivity contribution in [2.45, 2.75) is 19.4 Å². The van der Waals surface area contributed by atoms with Gasteiger partial charge in [-0.05, 0) is 43.7 Å². The Kier molecular flexibility index (Phi) is 7.12. The van der Waals surface area contributed by atoms with Gasteiger partial charge >= 0.3 is 0 Å². The van der Waals surface area contributed by atoms with Gasteiger partial charge in [-0.1, -0.05) is 47.5 Å². The molecular weight excluding hydrogens is 359 g/mol. The van der Waals surface area contributed by atoms with E-state index in [1.807, 2.05) is 56.3 Å². The first-order valence-electron chi connectivity index (χ1n) is 8.03. The van der Waals surface area contributed by atoms with Crippen LogP contribution < -0.4 is 15.4 Å². The van der Waals surface area contributed by atoms with Gasteiger partial charge in [0.25, 0.3) is 0 Å². The standard InChI is InChI=1S/C19H22Cl2N2O2/c1-19(2,14-8-9-16(20)17(21)12-14)23-13-18(24)22-10-11-25-15-6-4-3-5-7-15/h3-9,12,23H,10-11,13H2,1-2H3,(H,22,24). The highest BCUT2D eigenvalue weighted by atomic mass is 35.5.